The minimum Gasteiger partial charge on any atom is -0.265 e. The molecule has 104 valence electrons. The molecule has 0 atom stereocenters. The summed E-state index contributed by atoms with van der Waals surface area (Å²) >= 11 is 16.0. The molecule has 0 saturated heterocycles. The summed E-state index contributed by atoms with van der Waals surface area (Å²) < 4.78 is 0.936. The minimum atomic E-state index is 0.319. The van der Waals surface area contributed by atoms with Crippen molar-refractivity contribution in [2.24, 2.45) is 0 Å². The highest BCUT2D eigenvalue weighted by molar-refractivity contribution is 9.10. The van der Waals surface area contributed by atoms with Crippen molar-refractivity contribution >= 4 is 39.1 Å². The number of halogens is 3. The summed E-state index contributed by atoms with van der Waals surface area (Å²) in [7, 11) is 0. The molecule has 0 aliphatic carbocycles. The van der Waals surface area contributed by atoms with Crippen molar-refractivity contribution in [3.05, 3.63) is 63.6 Å². The maximum atomic E-state index is 6.30. The average molecular weight is 381 g/mol. The first kappa shape index (κ1) is 14.4. The van der Waals surface area contributed by atoms with Crippen LogP contribution >= 0.6 is 39.1 Å². The van der Waals surface area contributed by atoms with E-state index < -0.39 is 0 Å². The summed E-state index contributed by atoms with van der Waals surface area (Å²) in [5.41, 5.74) is 2.30. The van der Waals surface area contributed by atoms with E-state index in [0.717, 1.165) is 15.6 Å². The third-order valence-electron chi connectivity index (χ3n) is 2.87. The van der Waals surface area contributed by atoms with Gasteiger partial charge in [-0.25, -0.2) is 9.97 Å². The molecule has 0 amide bonds. The van der Waals surface area contributed by atoms with Crippen LogP contribution < -0.4 is 0 Å². The smallest absolute Gasteiger partial charge is 0.162 e. The van der Waals surface area contributed by atoms with Crippen LogP contribution in [0.25, 0.3) is 22.5 Å². The van der Waals surface area contributed by atoms with E-state index >= 15 is 0 Å². The standard InChI is InChI=1S/C15H8BrCl2N3/c16-11-3-1-2-10(8-11)12-13(17)20-15(21-14(12)18)9-4-6-19-7-5-9/h1-8H. The van der Waals surface area contributed by atoms with Gasteiger partial charge in [-0.05, 0) is 29.8 Å². The molecule has 0 saturated carbocycles. The van der Waals surface area contributed by atoms with Crippen molar-refractivity contribution in [1.82, 2.24) is 15.0 Å². The van der Waals surface area contributed by atoms with Gasteiger partial charge in [0.1, 0.15) is 10.3 Å². The van der Waals surface area contributed by atoms with Crippen LogP contribution in [0.15, 0.2) is 53.3 Å². The summed E-state index contributed by atoms with van der Waals surface area (Å²) in [6, 6.07) is 11.3. The first-order chi connectivity index (χ1) is 10.1. The quantitative estimate of drug-likeness (QED) is 0.568. The Bertz CT molecular complexity index is 771. The predicted molar refractivity (Wildman–Crippen MR) is 88.4 cm³/mol. The lowest BCUT2D eigenvalue weighted by Crippen LogP contribution is -1.94. The van der Waals surface area contributed by atoms with E-state index in [2.05, 4.69) is 30.9 Å². The maximum absolute atomic E-state index is 6.30. The van der Waals surface area contributed by atoms with Gasteiger partial charge in [-0.1, -0.05) is 51.3 Å². The molecule has 0 fully saturated rings. The Kier molecular flexibility index (Phi) is 4.19. The average Bonchev–Trinajstić information content (AvgIpc) is 2.47. The lowest BCUT2D eigenvalue weighted by atomic mass is 10.1. The molecule has 0 aliphatic heterocycles. The van der Waals surface area contributed by atoms with Gasteiger partial charge in [-0.3, -0.25) is 4.98 Å². The largest absolute Gasteiger partial charge is 0.265 e. The van der Waals surface area contributed by atoms with Crippen LogP contribution in [0.4, 0.5) is 0 Å². The van der Waals surface area contributed by atoms with E-state index in [9.17, 15) is 0 Å². The van der Waals surface area contributed by atoms with Crippen molar-refractivity contribution in [2.75, 3.05) is 0 Å². The van der Waals surface area contributed by atoms with Crippen molar-refractivity contribution in [3.8, 4) is 22.5 Å². The first-order valence-corrected chi connectivity index (χ1v) is 7.59. The van der Waals surface area contributed by atoms with Gasteiger partial charge in [0.2, 0.25) is 0 Å². The molecular weight excluding hydrogens is 373 g/mol. The second-order valence-electron chi connectivity index (χ2n) is 4.25. The number of pyridine rings is 1. The fraction of sp³-hybridized carbons (Fsp3) is 0. The van der Waals surface area contributed by atoms with Gasteiger partial charge in [-0.15, -0.1) is 0 Å². The van der Waals surface area contributed by atoms with Gasteiger partial charge in [0.25, 0.3) is 0 Å². The van der Waals surface area contributed by atoms with Crippen molar-refractivity contribution in [1.29, 1.82) is 0 Å². The van der Waals surface area contributed by atoms with E-state index in [1.807, 2.05) is 24.3 Å². The van der Waals surface area contributed by atoms with E-state index in [1.165, 1.54) is 0 Å². The Morgan fingerprint density at radius 2 is 1.52 bits per heavy atom. The zero-order valence-electron chi connectivity index (χ0n) is 10.6. The number of nitrogens with zero attached hydrogens (tertiary/aromatic N) is 3. The molecule has 3 aromatic rings. The summed E-state index contributed by atoms with van der Waals surface area (Å²) in [6.07, 6.45) is 3.34. The van der Waals surface area contributed by atoms with Crippen LogP contribution in [0.2, 0.25) is 10.3 Å². The molecule has 0 radical (unpaired) electrons. The molecule has 1 aromatic carbocycles. The molecule has 0 N–H and O–H groups in total. The van der Waals surface area contributed by atoms with Crippen LogP contribution in [0.3, 0.4) is 0 Å². The Morgan fingerprint density at radius 3 is 2.14 bits per heavy atom. The molecule has 0 spiro atoms. The number of benzene rings is 1. The van der Waals surface area contributed by atoms with Crippen molar-refractivity contribution < 1.29 is 0 Å². The highest BCUT2D eigenvalue weighted by Crippen LogP contribution is 2.35. The Balaban J connectivity index is 2.13. The highest BCUT2D eigenvalue weighted by Gasteiger charge is 2.14. The molecule has 0 aliphatic rings. The van der Waals surface area contributed by atoms with Crippen molar-refractivity contribution in [3.63, 3.8) is 0 Å². The van der Waals surface area contributed by atoms with Gasteiger partial charge >= 0.3 is 0 Å². The topological polar surface area (TPSA) is 38.7 Å². The summed E-state index contributed by atoms with van der Waals surface area (Å²) in [6.45, 7) is 0. The Hall–Kier alpha value is -1.49. The van der Waals surface area contributed by atoms with Crippen LogP contribution in [-0.2, 0) is 0 Å². The number of hydrogen-bond acceptors (Lipinski definition) is 3. The van der Waals surface area contributed by atoms with Crippen LogP contribution in [0.1, 0.15) is 0 Å². The second-order valence-corrected chi connectivity index (χ2v) is 5.88. The van der Waals surface area contributed by atoms with E-state index in [4.69, 9.17) is 23.2 Å². The van der Waals surface area contributed by atoms with Gasteiger partial charge in [0.05, 0.1) is 5.56 Å². The molecule has 6 heteroatoms. The lowest BCUT2D eigenvalue weighted by Gasteiger charge is -2.09. The van der Waals surface area contributed by atoms with Crippen LogP contribution in [-0.4, -0.2) is 15.0 Å². The van der Waals surface area contributed by atoms with Crippen LogP contribution in [0.5, 0.6) is 0 Å². The molecule has 0 unspecified atom stereocenters. The maximum Gasteiger partial charge on any atom is 0.162 e. The lowest BCUT2D eigenvalue weighted by molar-refractivity contribution is 1.17. The number of hydrogen-bond donors (Lipinski definition) is 0. The van der Waals surface area contributed by atoms with Gasteiger partial charge in [-0.2, -0.15) is 0 Å². The summed E-state index contributed by atoms with van der Waals surface area (Å²) in [5, 5.41) is 0.639. The SMILES string of the molecule is Clc1nc(-c2ccncc2)nc(Cl)c1-c1cccc(Br)c1. The van der Waals surface area contributed by atoms with Gasteiger partial charge < -0.3 is 0 Å². The highest BCUT2D eigenvalue weighted by atomic mass is 79.9. The van der Waals surface area contributed by atoms with Gasteiger partial charge in [0, 0.05) is 22.4 Å². The molecule has 3 rings (SSSR count). The molecule has 3 nitrogen and oxygen atoms in total. The second kappa shape index (κ2) is 6.10. The first-order valence-electron chi connectivity index (χ1n) is 6.04. The molecule has 2 heterocycles. The van der Waals surface area contributed by atoms with E-state index in [1.54, 1.807) is 24.5 Å². The third-order valence-corrected chi connectivity index (χ3v) is 3.91. The van der Waals surface area contributed by atoms with E-state index in [0.29, 0.717) is 21.7 Å². The Morgan fingerprint density at radius 1 is 0.857 bits per heavy atom. The number of aromatic nitrogens is 3. The fourth-order valence-electron chi connectivity index (χ4n) is 1.92. The predicted octanol–water partition coefficient (Wildman–Crippen LogP) is 5.27. The zero-order valence-corrected chi connectivity index (χ0v) is 13.7. The normalized spacial score (nSPS) is 10.6. The third kappa shape index (κ3) is 3.07. The fourth-order valence-corrected chi connectivity index (χ4v) is 2.93. The summed E-state index contributed by atoms with van der Waals surface area (Å²) in [5.74, 6) is 0.478. The number of rotatable bonds is 2. The van der Waals surface area contributed by atoms with E-state index in [-0.39, 0.29) is 0 Å². The molecular formula is C15H8BrCl2N3. The molecule has 21 heavy (non-hydrogen) atoms. The monoisotopic (exact) mass is 379 g/mol. The zero-order chi connectivity index (χ0) is 14.8. The Labute approximate surface area is 140 Å². The van der Waals surface area contributed by atoms with Gasteiger partial charge in [0.15, 0.2) is 5.82 Å². The molecule has 0 bridgehead atoms. The van der Waals surface area contributed by atoms with Crippen LogP contribution in [0, 0.1) is 0 Å². The molecule has 2 aromatic heterocycles. The minimum absolute atomic E-state index is 0.319. The summed E-state index contributed by atoms with van der Waals surface area (Å²) in [4.78, 5) is 12.6. The van der Waals surface area contributed by atoms with Crippen molar-refractivity contribution in [2.45, 2.75) is 0 Å².